The van der Waals surface area contributed by atoms with Gasteiger partial charge in [-0.25, -0.2) is 9.78 Å². The smallest absolute Gasteiger partial charge is 0.326 e. The molecule has 2 amide bonds. The first kappa shape index (κ1) is 21.1. The molecule has 5 rings (SSSR count). The summed E-state index contributed by atoms with van der Waals surface area (Å²) in [7, 11) is 3.17. The molecule has 1 saturated heterocycles. The van der Waals surface area contributed by atoms with Gasteiger partial charge in [0.25, 0.3) is 5.91 Å². The molecule has 1 fully saturated rings. The average Bonchev–Trinajstić information content (AvgIpc) is 2.82. The van der Waals surface area contributed by atoms with Crippen molar-refractivity contribution < 1.29 is 14.3 Å². The highest BCUT2D eigenvalue weighted by atomic mass is 32.1. The van der Waals surface area contributed by atoms with E-state index in [1.54, 1.807) is 31.1 Å². The van der Waals surface area contributed by atoms with Gasteiger partial charge >= 0.3 is 5.69 Å². The summed E-state index contributed by atoms with van der Waals surface area (Å²) >= 11 is 5.36. The Bertz CT molecular complexity index is 1410. The summed E-state index contributed by atoms with van der Waals surface area (Å²) in [6.07, 6.45) is 0. The minimum atomic E-state index is -0.293. The van der Waals surface area contributed by atoms with Crippen LogP contribution in [-0.2, 0) is 18.4 Å². The highest BCUT2D eigenvalue weighted by Crippen LogP contribution is 2.34. The van der Waals surface area contributed by atoms with Crippen LogP contribution in [0.1, 0.15) is 16.1 Å². The largest absolute Gasteiger partial charge is 0.474 e. The molecule has 3 aromatic rings. The monoisotopic (exact) mass is 466 g/mol. The van der Waals surface area contributed by atoms with Crippen molar-refractivity contribution in [3.8, 4) is 5.88 Å². The van der Waals surface area contributed by atoms with Crippen LogP contribution in [0, 0.1) is 4.64 Å². The standard InChI is InChI=1S/C22H22N6O4S/c1-23-19(30)15-5-6-17-20(24-15)32-11-13-9-27(18(29)10-28(13)17)8-12-3-4-14-16(7-12)25-22(31)26(2)21(14)33/h3-7,13H,8-11H2,1-2H3,(H,23,30)(H,25,31). The Morgan fingerprint density at radius 3 is 2.91 bits per heavy atom. The molecule has 0 bridgehead atoms. The Morgan fingerprint density at radius 2 is 2.12 bits per heavy atom. The van der Waals surface area contributed by atoms with Crippen LogP contribution in [-0.4, -0.2) is 64.0 Å². The number of benzene rings is 1. The molecule has 1 aromatic carbocycles. The Hall–Kier alpha value is -3.73. The summed E-state index contributed by atoms with van der Waals surface area (Å²) in [5.41, 5.74) is 2.25. The van der Waals surface area contributed by atoms with Crippen molar-refractivity contribution in [2.75, 3.05) is 31.6 Å². The average molecular weight is 467 g/mol. The van der Waals surface area contributed by atoms with Gasteiger partial charge in [0.1, 0.15) is 22.6 Å². The quantitative estimate of drug-likeness (QED) is 0.553. The number of piperazine rings is 1. The number of hydrogen-bond donors (Lipinski definition) is 2. The van der Waals surface area contributed by atoms with Crippen molar-refractivity contribution in [1.29, 1.82) is 0 Å². The number of pyridine rings is 1. The zero-order valence-corrected chi connectivity index (χ0v) is 18.9. The number of carbonyl (C=O) groups is 2. The van der Waals surface area contributed by atoms with Crippen molar-refractivity contribution in [3.63, 3.8) is 0 Å². The normalized spacial score (nSPS) is 17.4. The summed E-state index contributed by atoms with van der Waals surface area (Å²) in [6, 6.07) is 9.04. The number of aromatic amines is 1. The fraction of sp³-hybridized carbons (Fsp3) is 0.318. The molecular weight excluding hydrogens is 444 g/mol. The number of fused-ring (bicyclic) bond motifs is 4. The highest BCUT2D eigenvalue weighted by molar-refractivity contribution is 7.71. The SMILES string of the molecule is CNC(=O)c1ccc2c(n1)OCC1CN(Cc3ccc4c(=S)n(C)c(=O)[nH]c4c3)C(=O)CN21. The number of anilines is 1. The third kappa shape index (κ3) is 3.63. The maximum Gasteiger partial charge on any atom is 0.326 e. The van der Waals surface area contributed by atoms with Gasteiger partial charge in [0.15, 0.2) is 0 Å². The van der Waals surface area contributed by atoms with Gasteiger partial charge in [-0.3, -0.25) is 14.2 Å². The molecule has 1 atom stereocenters. The molecule has 2 aliphatic rings. The van der Waals surface area contributed by atoms with Gasteiger partial charge in [-0.1, -0.05) is 18.3 Å². The number of H-pyrrole nitrogens is 1. The lowest BCUT2D eigenvalue weighted by Gasteiger charge is -2.44. The van der Waals surface area contributed by atoms with E-state index in [-0.39, 0.29) is 35.8 Å². The van der Waals surface area contributed by atoms with Crippen LogP contribution in [0.3, 0.4) is 0 Å². The third-order valence-corrected chi connectivity index (χ3v) is 6.58. The molecule has 0 radical (unpaired) electrons. The topological polar surface area (TPSA) is 113 Å². The van der Waals surface area contributed by atoms with Crippen LogP contribution in [0.25, 0.3) is 10.9 Å². The molecule has 0 saturated carbocycles. The molecule has 2 N–H and O–H groups in total. The van der Waals surface area contributed by atoms with E-state index in [0.717, 1.165) is 10.9 Å². The zero-order chi connectivity index (χ0) is 23.3. The van der Waals surface area contributed by atoms with Gasteiger partial charge in [-0.05, 0) is 29.8 Å². The van der Waals surface area contributed by atoms with E-state index >= 15 is 0 Å². The van der Waals surface area contributed by atoms with E-state index in [1.807, 2.05) is 23.1 Å². The van der Waals surface area contributed by atoms with Crippen LogP contribution >= 0.6 is 12.2 Å². The lowest BCUT2D eigenvalue weighted by Crippen LogP contribution is -2.59. The number of hydrogen-bond acceptors (Lipinski definition) is 7. The number of aromatic nitrogens is 3. The summed E-state index contributed by atoms with van der Waals surface area (Å²) in [4.78, 5) is 47.8. The number of amides is 2. The maximum atomic E-state index is 13.0. The molecule has 2 aliphatic heterocycles. The molecule has 0 aliphatic carbocycles. The van der Waals surface area contributed by atoms with E-state index in [4.69, 9.17) is 17.0 Å². The first-order chi connectivity index (χ1) is 15.9. The molecule has 170 valence electrons. The number of nitrogens with zero attached hydrogens (tertiary/aromatic N) is 4. The fourth-order valence-corrected chi connectivity index (χ4v) is 4.53. The fourth-order valence-electron chi connectivity index (χ4n) is 4.27. The van der Waals surface area contributed by atoms with Crippen molar-refractivity contribution in [1.82, 2.24) is 24.8 Å². The van der Waals surface area contributed by atoms with Crippen LogP contribution in [0.2, 0.25) is 0 Å². The highest BCUT2D eigenvalue weighted by Gasteiger charge is 2.37. The first-order valence-electron chi connectivity index (χ1n) is 10.5. The minimum absolute atomic E-state index is 0.0218. The van der Waals surface area contributed by atoms with E-state index in [9.17, 15) is 14.4 Å². The van der Waals surface area contributed by atoms with Crippen LogP contribution in [0.15, 0.2) is 35.1 Å². The van der Waals surface area contributed by atoms with Crippen molar-refractivity contribution in [3.05, 3.63) is 56.7 Å². The molecule has 1 unspecified atom stereocenters. The Kier molecular flexibility index (Phi) is 5.12. The summed E-state index contributed by atoms with van der Waals surface area (Å²) < 4.78 is 7.70. The predicted molar refractivity (Wildman–Crippen MR) is 124 cm³/mol. The zero-order valence-electron chi connectivity index (χ0n) is 18.1. The van der Waals surface area contributed by atoms with Gasteiger partial charge in [0, 0.05) is 32.6 Å². The number of nitrogens with one attached hydrogen (secondary N) is 2. The molecule has 2 aromatic heterocycles. The van der Waals surface area contributed by atoms with Crippen LogP contribution in [0.5, 0.6) is 5.88 Å². The molecule has 11 heteroatoms. The lowest BCUT2D eigenvalue weighted by molar-refractivity contribution is -0.132. The predicted octanol–water partition coefficient (Wildman–Crippen LogP) is 0.960. The number of ether oxygens (including phenoxy) is 1. The van der Waals surface area contributed by atoms with Gasteiger partial charge in [0.2, 0.25) is 11.8 Å². The van der Waals surface area contributed by atoms with Crippen LogP contribution in [0.4, 0.5) is 5.69 Å². The Labute approximate surface area is 193 Å². The Morgan fingerprint density at radius 1 is 1.30 bits per heavy atom. The minimum Gasteiger partial charge on any atom is -0.474 e. The van der Waals surface area contributed by atoms with Crippen molar-refractivity contribution in [2.45, 2.75) is 12.6 Å². The Balaban J connectivity index is 1.37. The van der Waals surface area contributed by atoms with Gasteiger partial charge < -0.3 is 24.8 Å². The summed E-state index contributed by atoms with van der Waals surface area (Å²) in [5.74, 6) is 0.0459. The van der Waals surface area contributed by atoms with Gasteiger partial charge in [0.05, 0.1) is 18.1 Å². The van der Waals surface area contributed by atoms with E-state index in [0.29, 0.717) is 41.4 Å². The lowest BCUT2D eigenvalue weighted by atomic mass is 10.1. The summed E-state index contributed by atoms with van der Waals surface area (Å²) in [6.45, 7) is 1.45. The molecule has 4 heterocycles. The maximum absolute atomic E-state index is 13.0. The van der Waals surface area contributed by atoms with Crippen molar-refractivity contribution >= 4 is 40.6 Å². The molecule has 0 spiro atoms. The van der Waals surface area contributed by atoms with Gasteiger partial charge in [-0.15, -0.1) is 0 Å². The van der Waals surface area contributed by atoms with Gasteiger partial charge in [-0.2, -0.15) is 0 Å². The molecule has 10 nitrogen and oxygen atoms in total. The van der Waals surface area contributed by atoms with Crippen LogP contribution < -0.4 is 20.6 Å². The second kappa shape index (κ2) is 8.00. The van der Waals surface area contributed by atoms with E-state index in [2.05, 4.69) is 15.3 Å². The third-order valence-electron chi connectivity index (χ3n) is 6.09. The molecule has 33 heavy (non-hydrogen) atoms. The van der Waals surface area contributed by atoms with E-state index in [1.165, 1.54) is 4.57 Å². The van der Waals surface area contributed by atoms with E-state index < -0.39 is 0 Å². The van der Waals surface area contributed by atoms with Crippen molar-refractivity contribution in [2.24, 2.45) is 7.05 Å². The first-order valence-corrected chi connectivity index (χ1v) is 10.9. The number of rotatable bonds is 3. The number of carbonyl (C=O) groups excluding carboxylic acids is 2. The summed E-state index contributed by atoms with van der Waals surface area (Å²) in [5, 5.41) is 3.33. The second-order valence-electron chi connectivity index (χ2n) is 8.14. The second-order valence-corrected chi connectivity index (χ2v) is 8.53. The molecular formula is C22H22N6O4S.